The Balaban J connectivity index is 1.77. The quantitative estimate of drug-likeness (QED) is 0.587. The van der Waals surface area contributed by atoms with Crippen molar-refractivity contribution >= 4 is 10.9 Å². The molecule has 128 valence electrons. The minimum atomic E-state index is -0.0818. The molecule has 1 N–H and O–H groups in total. The van der Waals surface area contributed by atoms with E-state index in [0.717, 1.165) is 16.5 Å². The normalized spacial score (nSPS) is 11.0. The molecule has 0 unspecified atom stereocenters. The van der Waals surface area contributed by atoms with Gasteiger partial charge in [0.15, 0.2) is 0 Å². The van der Waals surface area contributed by atoms with Gasteiger partial charge in [-0.3, -0.25) is 0 Å². The van der Waals surface area contributed by atoms with E-state index in [1.165, 1.54) is 0 Å². The Bertz CT molecular complexity index is 1120. The van der Waals surface area contributed by atoms with Gasteiger partial charge in [-0.05, 0) is 50.2 Å². The van der Waals surface area contributed by atoms with Crippen LogP contribution in [-0.2, 0) is 0 Å². The number of rotatable bonds is 4. The van der Waals surface area contributed by atoms with Crippen LogP contribution in [-0.4, -0.2) is 21.2 Å². The van der Waals surface area contributed by atoms with Gasteiger partial charge < -0.3 is 14.2 Å². The Hall–Kier alpha value is -3.59. The van der Waals surface area contributed by atoms with Crippen LogP contribution in [0.25, 0.3) is 33.7 Å². The van der Waals surface area contributed by atoms with Crippen molar-refractivity contribution < 1.29 is 9.26 Å². The van der Waals surface area contributed by atoms with Crippen molar-refractivity contribution in [3.8, 4) is 34.7 Å². The Kier molecular flexibility index (Phi) is 3.90. The van der Waals surface area contributed by atoms with E-state index >= 15 is 0 Å². The predicted octanol–water partition coefficient (Wildman–Crippen LogP) is 4.54. The van der Waals surface area contributed by atoms with E-state index in [0.29, 0.717) is 28.6 Å². The Morgan fingerprint density at radius 1 is 1.19 bits per heavy atom. The fourth-order valence-electron chi connectivity index (χ4n) is 2.80. The maximum Gasteiger partial charge on any atom is 0.262 e. The third-order valence-electron chi connectivity index (χ3n) is 3.96. The lowest BCUT2D eigenvalue weighted by Gasteiger charge is -2.13. The number of H-pyrrole nitrogens is 1. The van der Waals surface area contributed by atoms with E-state index in [1.54, 1.807) is 12.1 Å². The second-order valence-electron chi connectivity index (χ2n) is 6.16. The van der Waals surface area contributed by atoms with Gasteiger partial charge in [-0.1, -0.05) is 11.2 Å². The van der Waals surface area contributed by atoms with Gasteiger partial charge in [0, 0.05) is 22.7 Å². The van der Waals surface area contributed by atoms with Crippen molar-refractivity contribution in [3.63, 3.8) is 0 Å². The van der Waals surface area contributed by atoms with Gasteiger partial charge in [0.1, 0.15) is 11.8 Å². The molecule has 0 aliphatic heterocycles. The number of hydrogen-bond acceptors (Lipinski definition) is 5. The summed E-state index contributed by atoms with van der Waals surface area (Å²) in [5, 5.41) is 14.5. The summed E-state index contributed by atoms with van der Waals surface area (Å²) in [5.41, 5.74) is 2.95. The minimum absolute atomic E-state index is 0.0818. The van der Waals surface area contributed by atoms with Crippen LogP contribution < -0.4 is 4.74 Å². The lowest BCUT2D eigenvalue weighted by Crippen LogP contribution is -2.08. The summed E-state index contributed by atoms with van der Waals surface area (Å²) in [4.78, 5) is 7.66. The van der Waals surface area contributed by atoms with Crippen LogP contribution in [0.5, 0.6) is 5.75 Å². The van der Waals surface area contributed by atoms with E-state index in [4.69, 9.17) is 9.26 Å². The van der Waals surface area contributed by atoms with Crippen molar-refractivity contribution in [1.82, 2.24) is 15.1 Å². The van der Waals surface area contributed by atoms with Crippen LogP contribution in [0.2, 0.25) is 0 Å². The number of nitrogens with one attached hydrogen (secondary N) is 1. The third-order valence-corrected chi connectivity index (χ3v) is 3.96. The van der Waals surface area contributed by atoms with E-state index < -0.39 is 0 Å². The largest absolute Gasteiger partial charge is 0.489 e. The SMILES string of the molecule is CC(C)Oc1c(C#N)cccc1-c1nc(-c2ccc3[nH]ccc3c2)no1. The number of ether oxygens (including phenoxy) is 1. The average Bonchev–Trinajstić information content (AvgIpc) is 3.30. The first kappa shape index (κ1) is 15.9. The molecule has 0 amide bonds. The van der Waals surface area contributed by atoms with E-state index in [-0.39, 0.29) is 6.10 Å². The van der Waals surface area contributed by atoms with Gasteiger partial charge in [-0.25, -0.2) is 0 Å². The lowest BCUT2D eigenvalue weighted by atomic mass is 10.1. The molecule has 6 heteroatoms. The summed E-state index contributed by atoms with van der Waals surface area (Å²) < 4.78 is 11.3. The van der Waals surface area contributed by atoms with Crippen LogP contribution in [0.1, 0.15) is 19.4 Å². The van der Waals surface area contributed by atoms with Gasteiger partial charge in [0.2, 0.25) is 5.82 Å². The summed E-state index contributed by atoms with van der Waals surface area (Å²) in [6, 6.07) is 15.3. The van der Waals surface area contributed by atoms with Gasteiger partial charge in [-0.15, -0.1) is 0 Å². The Morgan fingerprint density at radius 2 is 2.08 bits per heavy atom. The molecule has 4 rings (SSSR count). The van der Waals surface area contributed by atoms with Crippen LogP contribution in [0.4, 0.5) is 0 Å². The molecule has 0 spiro atoms. The molecule has 0 saturated heterocycles. The third kappa shape index (κ3) is 2.80. The first-order valence-electron chi connectivity index (χ1n) is 8.27. The van der Waals surface area contributed by atoms with E-state index in [2.05, 4.69) is 21.2 Å². The smallest absolute Gasteiger partial charge is 0.262 e. The van der Waals surface area contributed by atoms with Crippen molar-refractivity contribution in [2.24, 2.45) is 0 Å². The molecule has 0 aliphatic rings. The molecule has 4 aromatic rings. The highest BCUT2D eigenvalue weighted by Crippen LogP contribution is 2.34. The standard InChI is InChI=1S/C20H16N4O2/c1-12(2)25-18-15(11-21)4-3-5-16(18)20-23-19(24-26-20)14-6-7-17-13(10-14)8-9-22-17/h3-10,12,22H,1-2H3. The summed E-state index contributed by atoms with van der Waals surface area (Å²) >= 11 is 0. The van der Waals surface area contributed by atoms with Gasteiger partial charge in [-0.2, -0.15) is 10.2 Å². The van der Waals surface area contributed by atoms with Crippen LogP contribution in [0.15, 0.2) is 53.2 Å². The molecule has 0 aliphatic carbocycles. The summed E-state index contributed by atoms with van der Waals surface area (Å²) in [6.45, 7) is 3.81. The van der Waals surface area contributed by atoms with Crippen molar-refractivity contribution in [2.45, 2.75) is 20.0 Å². The number of aromatic nitrogens is 3. The molecular weight excluding hydrogens is 328 g/mol. The van der Waals surface area contributed by atoms with Crippen molar-refractivity contribution in [3.05, 3.63) is 54.2 Å². The molecule has 2 aromatic carbocycles. The number of nitriles is 1. The molecule has 0 radical (unpaired) electrons. The van der Waals surface area contributed by atoms with E-state index in [9.17, 15) is 5.26 Å². The number of para-hydroxylation sites is 1. The highest BCUT2D eigenvalue weighted by atomic mass is 16.5. The molecule has 2 heterocycles. The molecule has 6 nitrogen and oxygen atoms in total. The highest BCUT2D eigenvalue weighted by Gasteiger charge is 2.19. The lowest BCUT2D eigenvalue weighted by molar-refractivity contribution is 0.242. The van der Waals surface area contributed by atoms with E-state index in [1.807, 2.05) is 50.4 Å². The van der Waals surface area contributed by atoms with Crippen molar-refractivity contribution in [2.75, 3.05) is 0 Å². The number of nitrogens with zero attached hydrogens (tertiary/aromatic N) is 3. The van der Waals surface area contributed by atoms with Crippen LogP contribution in [0, 0.1) is 11.3 Å². The topological polar surface area (TPSA) is 87.7 Å². The van der Waals surface area contributed by atoms with Crippen LogP contribution >= 0.6 is 0 Å². The second kappa shape index (κ2) is 6.37. The van der Waals surface area contributed by atoms with Gasteiger partial charge >= 0.3 is 0 Å². The maximum absolute atomic E-state index is 9.37. The fourth-order valence-corrected chi connectivity index (χ4v) is 2.80. The molecule has 0 bridgehead atoms. The minimum Gasteiger partial charge on any atom is -0.489 e. The zero-order chi connectivity index (χ0) is 18.1. The Labute approximate surface area is 150 Å². The number of hydrogen-bond donors (Lipinski definition) is 1. The van der Waals surface area contributed by atoms with Crippen molar-refractivity contribution in [1.29, 1.82) is 5.26 Å². The molecule has 0 atom stereocenters. The zero-order valence-corrected chi connectivity index (χ0v) is 14.4. The van der Waals surface area contributed by atoms with Gasteiger partial charge in [0.05, 0.1) is 17.2 Å². The first-order valence-corrected chi connectivity index (χ1v) is 8.27. The monoisotopic (exact) mass is 344 g/mol. The molecule has 0 fully saturated rings. The van der Waals surface area contributed by atoms with Crippen LogP contribution in [0.3, 0.4) is 0 Å². The Morgan fingerprint density at radius 3 is 2.88 bits per heavy atom. The summed E-state index contributed by atoms with van der Waals surface area (Å²) in [5.74, 6) is 1.27. The molecule has 0 saturated carbocycles. The average molecular weight is 344 g/mol. The molecular formula is C20H16N4O2. The highest BCUT2D eigenvalue weighted by molar-refractivity contribution is 5.84. The predicted molar refractivity (Wildman–Crippen MR) is 97.5 cm³/mol. The molecule has 26 heavy (non-hydrogen) atoms. The fraction of sp³-hybridized carbons (Fsp3) is 0.150. The zero-order valence-electron chi connectivity index (χ0n) is 14.4. The summed E-state index contributed by atoms with van der Waals surface area (Å²) in [6.07, 6.45) is 1.81. The first-order chi connectivity index (χ1) is 12.7. The molecule has 2 aromatic heterocycles. The maximum atomic E-state index is 9.37. The number of fused-ring (bicyclic) bond motifs is 1. The summed E-state index contributed by atoms with van der Waals surface area (Å²) in [7, 11) is 0. The second-order valence-corrected chi connectivity index (χ2v) is 6.16. The number of benzene rings is 2. The van der Waals surface area contributed by atoms with Gasteiger partial charge in [0.25, 0.3) is 5.89 Å². The number of aromatic amines is 1.